The molecule has 3 nitrogen and oxygen atoms in total. The molecule has 2 aromatic heterocycles. The molecule has 0 spiro atoms. The van der Waals surface area contributed by atoms with Crippen molar-refractivity contribution in [1.82, 2.24) is 14.8 Å². The predicted octanol–water partition coefficient (Wildman–Crippen LogP) is 2.91. The number of aromatic nitrogens is 3. The molecule has 0 unspecified atom stereocenters. The summed E-state index contributed by atoms with van der Waals surface area (Å²) in [4.78, 5) is 4.22. The van der Waals surface area contributed by atoms with Crippen LogP contribution in [0.5, 0.6) is 0 Å². The highest BCUT2D eigenvalue weighted by molar-refractivity contribution is 5.26. The van der Waals surface area contributed by atoms with Crippen LogP contribution in [-0.2, 0) is 0 Å². The predicted molar refractivity (Wildman–Crippen MR) is 62.2 cm³/mol. The fraction of sp³-hybridized carbons (Fsp3) is 0.333. The van der Waals surface area contributed by atoms with Crippen molar-refractivity contribution in [2.45, 2.75) is 27.7 Å². The molecular formula is C12H17N3. The molecule has 0 N–H and O–H groups in total. The molecule has 0 radical (unpaired) electrons. The van der Waals surface area contributed by atoms with Crippen LogP contribution in [0.2, 0.25) is 0 Å². The van der Waals surface area contributed by atoms with E-state index in [2.05, 4.69) is 10.1 Å². The number of hydrogen-bond donors (Lipinski definition) is 0. The minimum absolute atomic E-state index is 0.869. The van der Waals surface area contributed by atoms with E-state index in [0.717, 1.165) is 11.5 Å². The zero-order valence-corrected chi connectivity index (χ0v) is 9.73. The molecule has 80 valence electrons. The van der Waals surface area contributed by atoms with Gasteiger partial charge in [-0.3, -0.25) is 0 Å². The summed E-state index contributed by atoms with van der Waals surface area (Å²) in [6.45, 7) is 8.01. The van der Waals surface area contributed by atoms with Crippen LogP contribution in [0.15, 0.2) is 30.6 Å². The summed E-state index contributed by atoms with van der Waals surface area (Å²) in [5.74, 6) is 0.869. The topological polar surface area (TPSA) is 30.7 Å². The van der Waals surface area contributed by atoms with Gasteiger partial charge in [0.2, 0.25) is 0 Å². The Morgan fingerprint density at radius 2 is 1.87 bits per heavy atom. The number of aryl methyl sites for hydroxylation is 2. The molecular weight excluding hydrogens is 186 g/mol. The summed E-state index contributed by atoms with van der Waals surface area (Å²) in [6, 6.07) is 5.94. The zero-order chi connectivity index (χ0) is 11.3. The summed E-state index contributed by atoms with van der Waals surface area (Å²) in [7, 11) is 0. The lowest BCUT2D eigenvalue weighted by Crippen LogP contribution is -1.98. The van der Waals surface area contributed by atoms with Crippen LogP contribution in [0.4, 0.5) is 0 Å². The minimum Gasteiger partial charge on any atom is -0.237 e. The van der Waals surface area contributed by atoms with Gasteiger partial charge < -0.3 is 0 Å². The van der Waals surface area contributed by atoms with Crippen LogP contribution in [0.1, 0.15) is 25.1 Å². The summed E-state index contributed by atoms with van der Waals surface area (Å²) in [5, 5.41) is 4.28. The molecule has 0 bridgehead atoms. The number of nitrogens with zero attached hydrogens (tertiary/aromatic N) is 3. The van der Waals surface area contributed by atoms with E-state index in [1.54, 1.807) is 10.9 Å². The molecule has 2 heterocycles. The van der Waals surface area contributed by atoms with Crippen molar-refractivity contribution in [3.05, 3.63) is 41.9 Å². The van der Waals surface area contributed by atoms with Crippen molar-refractivity contribution in [2.75, 3.05) is 0 Å². The van der Waals surface area contributed by atoms with E-state index in [-0.39, 0.29) is 0 Å². The van der Waals surface area contributed by atoms with Gasteiger partial charge in [0.25, 0.3) is 0 Å². The largest absolute Gasteiger partial charge is 0.237 e. The Bertz CT molecular complexity index is 418. The van der Waals surface area contributed by atoms with Crippen LogP contribution in [0.3, 0.4) is 0 Å². The second-order valence-corrected chi connectivity index (χ2v) is 3.09. The Balaban J connectivity index is 0.000000531. The van der Waals surface area contributed by atoms with Gasteiger partial charge in [-0.15, -0.1) is 0 Å². The van der Waals surface area contributed by atoms with Crippen molar-refractivity contribution in [3.63, 3.8) is 0 Å². The standard InChI is InChI=1S/C10H11N3.C2H6/c1-8-3-5-11-10(7-8)13-6-4-9(2)12-13;1-2/h3-7H,1-2H3;1-2H3. The molecule has 0 atom stereocenters. The molecule has 0 saturated heterocycles. The normalized spacial score (nSPS) is 9.33. The van der Waals surface area contributed by atoms with Crippen LogP contribution in [-0.4, -0.2) is 14.8 Å². The van der Waals surface area contributed by atoms with Crippen molar-refractivity contribution in [1.29, 1.82) is 0 Å². The van der Waals surface area contributed by atoms with E-state index in [0.29, 0.717) is 0 Å². The molecule has 2 aromatic rings. The Labute approximate surface area is 90.8 Å². The SMILES string of the molecule is CC.Cc1ccnc(-n2ccc(C)n2)c1. The highest BCUT2D eigenvalue weighted by Crippen LogP contribution is 2.05. The summed E-state index contributed by atoms with van der Waals surface area (Å²) in [6.07, 6.45) is 3.71. The molecule has 0 amide bonds. The number of hydrogen-bond acceptors (Lipinski definition) is 2. The third-order valence-corrected chi connectivity index (χ3v) is 1.86. The Kier molecular flexibility index (Phi) is 4.03. The van der Waals surface area contributed by atoms with Gasteiger partial charge in [0, 0.05) is 12.4 Å². The molecule has 0 aliphatic heterocycles. The highest BCUT2D eigenvalue weighted by Gasteiger charge is 1.98. The average Bonchev–Trinajstić information content (AvgIpc) is 2.68. The summed E-state index contributed by atoms with van der Waals surface area (Å²) >= 11 is 0. The third kappa shape index (κ3) is 2.91. The first-order chi connectivity index (χ1) is 7.25. The Morgan fingerprint density at radius 1 is 1.13 bits per heavy atom. The molecule has 2 rings (SSSR count). The van der Waals surface area contributed by atoms with Gasteiger partial charge >= 0.3 is 0 Å². The van der Waals surface area contributed by atoms with Gasteiger partial charge in [0.15, 0.2) is 5.82 Å². The van der Waals surface area contributed by atoms with Crippen LogP contribution >= 0.6 is 0 Å². The first-order valence-electron chi connectivity index (χ1n) is 5.21. The van der Waals surface area contributed by atoms with Gasteiger partial charge in [-0.1, -0.05) is 13.8 Å². The van der Waals surface area contributed by atoms with Crippen LogP contribution in [0, 0.1) is 13.8 Å². The second-order valence-electron chi connectivity index (χ2n) is 3.09. The Hall–Kier alpha value is -1.64. The highest BCUT2D eigenvalue weighted by atomic mass is 15.3. The molecule has 0 aliphatic carbocycles. The summed E-state index contributed by atoms with van der Waals surface area (Å²) in [5.41, 5.74) is 2.20. The van der Waals surface area contributed by atoms with E-state index in [9.17, 15) is 0 Å². The maximum atomic E-state index is 4.28. The molecule has 3 heteroatoms. The first-order valence-corrected chi connectivity index (χ1v) is 5.21. The van der Waals surface area contributed by atoms with Crippen molar-refractivity contribution in [3.8, 4) is 5.82 Å². The van der Waals surface area contributed by atoms with E-state index < -0.39 is 0 Å². The molecule has 15 heavy (non-hydrogen) atoms. The lowest BCUT2D eigenvalue weighted by molar-refractivity contribution is 0.831. The van der Waals surface area contributed by atoms with Gasteiger partial charge in [-0.2, -0.15) is 5.10 Å². The van der Waals surface area contributed by atoms with E-state index >= 15 is 0 Å². The average molecular weight is 203 g/mol. The fourth-order valence-corrected chi connectivity index (χ4v) is 1.19. The molecule has 0 aliphatic rings. The maximum Gasteiger partial charge on any atom is 0.153 e. The van der Waals surface area contributed by atoms with Crippen LogP contribution < -0.4 is 0 Å². The zero-order valence-electron chi connectivity index (χ0n) is 9.73. The number of rotatable bonds is 1. The lowest BCUT2D eigenvalue weighted by atomic mass is 10.3. The molecule has 0 aromatic carbocycles. The summed E-state index contributed by atoms with van der Waals surface area (Å²) < 4.78 is 1.78. The Morgan fingerprint density at radius 3 is 2.40 bits per heavy atom. The molecule has 0 saturated carbocycles. The van der Waals surface area contributed by atoms with Crippen molar-refractivity contribution < 1.29 is 0 Å². The molecule has 0 fully saturated rings. The monoisotopic (exact) mass is 203 g/mol. The third-order valence-electron chi connectivity index (χ3n) is 1.86. The smallest absolute Gasteiger partial charge is 0.153 e. The van der Waals surface area contributed by atoms with E-state index in [4.69, 9.17) is 0 Å². The lowest BCUT2D eigenvalue weighted by Gasteiger charge is -1.99. The minimum atomic E-state index is 0.869. The maximum absolute atomic E-state index is 4.28. The van der Waals surface area contributed by atoms with E-state index in [1.807, 2.05) is 52.1 Å². The second kappa shape index (κ2) is 5.29. The van der Waals surface area contributed by atoms with Gasteiger partial charge in [-0.05, 0) is 37.6 Å². The van der Waals surface area contributed by atoms with Crippen LogP contribution in [0.25, 0.3) is 5.82 Å². The number of pyridine rings is 1. The van der Waals surface area contributed by atoms with E-state index in [1.165, 1.54) is 5.56 Å². The first kappa shape index (κ1) is 11.4. The van der Waals surface area contributed by atoms with Crippen molar-refractivity contribution >= 4 is 0 Å². The quantitative estimate of drug-likeness (QED) is 0.713. The van der Waals surface area contributed by atoms with Gasteiger partial charge in [0.1, 0.15) is 0 Å². The van der Waals surface area contributed by atoms with Gasteiger partial charge in [-0.25, -0.2) is 9.67 Å². The fourth-order valence-electron chi connectivity index (χ4n) is 1.19. The van der Waals surface area contributed by atoms with Gasteiger partial charge in [0.05, 0.1) is 5.69 Å². The van der Waals surface area contributed by atoms with Crippen molar-refractivity contribution in [2.24, 2.45) is 0 Å².